The molecule has 0 bridgehead atoms. The molecule has 0 rings (SSSR count). The summed E-state index contributed by atoms with van der Waals surface area (Å²) in [5.41, 5.74) is 0. The molecular weight excluding hydrogens is 186 g/mol. The number of carbonyl (C=O) groups excluding carboxylic acids is 1. The van der Waals surface area contributed by atoms with Crippen molar-refractivity contribution in [2.75, 3.05) is 6.61 Å². The van der Waals surface area contributed by atoms with E-state index < -0.39 is 18.1 Å². The summed E-state index contributed by atoms with van der Waals surface area (Å²) in [5, 5.41) is 11.0. The Morgan fingerprint density at radius 1 is 1.43 bits per heavy atom. The quantitative estimate of drug-likeness (QED) is 0.683. The summed E-state index contributed by atoms with van der Waals surface area (Å²) in [4.78, 5) is 21.6. The topological polar surface area (TPSA) is 75.6 Å². The summed E-state index contributed by atoms with van der Waals surface area (Å²) in [7, 11) is 0. The highest BCUT2D eigenvalue weighted by molar-refractivity contribution is 5.79. The lowest BCUT2D eigenvalue weighted by molar-refractivity contribution is -0.139. The first-order valence-electron chi connectivity index (χ1n) is 4.77. The van der Waals surface area contributed by atoms with Crippen LogP contribution in [0.4, 0.5) is 4.79 Å². The molecule has 0 spiro atoms. The number of ether oxygens (including phenoxy) is 1. The third-order valence-electron chi connectivity index (χ3n) is 1.71. The van der Waals surface area contributed by atoms with Crippen LogP contribution in [0.5, 0.6) is 0 Å². The van der Waals surface area contributed by atoms with Gasteiger partial charge in [-0.05, 0) is 13.3 Å². The molecule has 0 heterocycles. The van der Waals surface area contributed by atoms with Crippen LogP contribution in [0.2, 0.25) is 0 Å². The SMILES string of the molecule is CCCCC(NC(=O)OCC)C(=O)O. The second-order valence-electron chi connectivity index (χ2n) is 2.90. The molecule has 1 amide bonds. The van der Waals surface area contributed by atoms with Crippen molar-refractivity contribution < 1.29 is 19.4 Å². The van der Waals surface area contributed by atoms with Crippen LogP contribution in [0.15, 0.2) is 0 Å². The first-order chi connectivity index (χ1) is 6.61. The number of aliphatic carboxylic acids is 1. The zero-order valence-corrected chi connectivity index (χ0v) is 8.58. The zero-order valence-electron chi connectivity index (χ0n) is 8.58. The van der Waals surface area contributed by atoms with Gasteiger partial charge in [-0.2, -0.15) is 0 Å². The fourth-order valence-electron chi connectivity index (χ4n) is 0.981. The molecular formula is C9H17NO4. The van der Waals surface area contributed by atoms with Gasteiger partial charge in [0.1, 0.15) is 6.04 Å². The maximum Gasteiger partial charge on any atom is 0.407 e. The van der Waals surface area contributed by atoms with Gasteiger partial charge in [-0.15, -0.1) is 0 Å². The van der Waals surface area contributed by atoms with E-state index in [0.717, 1.165) is 12.8 Å². The van der Waals surface area contributed by atoms with E-state index in [9.17, 15) is 9.59 Å². The lowest BCUT2D eigenvalue weighted by atomic mass is 10.1. The number of carboxylic acids is 1. The zero-order chi connectivity index (χ0) is 11.0. The molecule has 0 aromatic carbocycles. The Kier molecular flexibility index (Phi) is 6.53. The van der Waals surface area contributed by atoms with Gasteiger partial charge >= 0.3 is 12.1 Å². The van der Waals surface area contributed by atoms with E-state index in [1.54, 1.807) is 6.92 Å². The van der Waals surface area contributed by atoms with Crippen LogP contribution < -0.4 is 5.32 Å². The number of unbranched alkanes of at least 4 members (excludes halogenated alkanes) is 1. The Morgan fingerprint density at radius 2 is 2.07 bits per heavy atom. The Bertz CT molecular complexity index is 193. The van der Waals surface area contributed by atoms with Gasteiger partial charge in [0, 0.05) is 0 Å². The van der Waals surface area contributed by atoms with Crippen molar-refractivity contribution in [2.24, 2.45) is 0 Å². The van der Waals surface area contributed by atoms with Crippen molar-refractivity contribution in [1.82, 2.24) is 5.32 Å². The predicted octanol–water partition coefficient (Wildman–Crippen LogP) is 1.38. The van der Waals surface area contributed by atoms with Crippen molar-refractivity contribution in [3.63, 3.8) is 0 Å². The normalized spacial score (nSPS) is 11.9. The number of carbonyl (C=O) groups is 2. The molecule has 14 heavy (non-hydrogen) atoms. The smallest absolute Gasteiger partial charge is 0.407 e. The van der Waals surface area contributed by atoms with E-state index in [0.29, 0.717) is 6.42 Å². The number of nitrogens with one attached hydrogen (secondary N) is 1. The number of rotatable bonds is 6. The van der Waals surface area contributed by atoms with Crippen LogP contribution in [0.1, 0.15) is 33.1 Å². The van der Waals surface area contributed by atoms with Crippen molar-refractivity contribution in [1.29, 1.82) is 0 Å². The Balaban J connectivity index is 3.95. The van der Waals surface area contributed by atoms with E-state index in [-0.39, 0.29) is 6.61 Å². The van der Waals surface area contributed by atoms with Gasteiger partial charge < -0.3 is 15.2 Å². The molecule has 1 unspecified atom stereocenters. The third kappa shape index (κ3) is 5.40. The van der Waals surface area contributed by atoms with E-state index in [4.69, 9.17) is 5.11 Å². The summed E-state index contributed by atoms with van der Waals surface area (Å²) in [5.74, 6) is -1.02. The molecule has 82 valence electrons. The number of hydrogen-bond acceptors (Lipinski definition) is 3. The van der Waals surface area contributed by atoms with Crippen LogP contribution in [-0.4, -0.2) is 29.8 Å². The van der Waals surface area contributed by atoms with Gasteiger partial charge in [0.05, 0.1) is 6.61 Å². The van der Waals surface area contributed by atoms with Crippen LogP contribution in [0.3, 0.4) is 0 Å². The van der Waals surface area contributed by atoms with Gasteiger partial charge in [0.2, 0.25) is 0 Å². The lowest BCUT2D eigenvalue weighted by Gasteiger charge is -2.13. The monoisotopic (exact) mass is 203 g/mol. The first-order valence-corrected chi connectivity index (χ1v) is 4.77. The van der Waals surface area contributed by atoms with E-state index in [2.05, 4.69) is 10.1 Å². The van der Waals surface area contributed by atoms with Gasteiger partial charge in [0.25, 0.3) is 0 Å². The van der Waals surface area contributed by atoms with Gasteiger partial charge in [0.15, 0.2) is 0 Å². The minimum atomic E-state index is -1.02. The molecule has 0 aliphatic carbocycles. The maximum atomic E-state index is 10.9. The predicted molar refractivity (Wildman–Crippen MR) is 51.1 cm³/mol. The second kappa shape index (κ2) is 7.17. The van der Waals surface area contributed by atoms with Gasteiger partial charge in [-0.1, -0.05) is 19.8 Å². The average molecular weight is 203 g/mol. The minimum absolute atomic E-state index is 0.242. The summed E-state index contributed by atoms with van der Waals surface area (Å²) >= 11 is 0. The molecule has 0 aliphatic heterocycles. The van der Waals surface area contributed by atoms with Crippen molar-refractivity contribution in [3.8, 4) is 0 Å². The molecule has 0 saturated carbocycles. The molecule has 0 saturated heterocycles. The number of carboxylic acid groups (broad SMARTS) is 1. The Hall–Kier alpha value is -1.26. The van der Waals surface area contributed by atoms with E-state index >= 15 is 0 Å². The largest absolute Gasteiger partial charge is 0.480 e. The lowest BCUT2D eigenvalue weighted by Crippen LogP contribution is -2.41. The van der Waals surface area contributed by atoms with E-state index in [1.807, 2.05) is 6.92 Å². The highest BCUT2D eigenvalue weighted by Gasteiger charge is 2.19. The molecule has 0 aromatic heterocycles. The molecule has 1 atom stereocenters. The van der Waals surface area contributed by atoms with Crippen LogP contribution in [0, 0.1) is 0 Å². The summed E-state index contributed by atoms with van der Waals surface area (Å²) in [6, 6.07) is -0.839. The van der Waals surface area contributed by atoms with Crippen molar-refractivity contribution in [2.45, 2.75) is 39.2 Å². The second-order valence-corrected chi connectivity index (χ2v) is 2.90. The van der Waals surface area contributed by atoms with Crippen molar-refractivity contribution in [3.05, 3.63) is 0 Å². The molecule has 5 nitrogen and oxygen atoms in total. The summed E-state index contributed by atoms with van der Waals surface area (Å²) in [6.45, 7) is 3.87. The third-order valence-corrected chi connectivity index (χ3v) is 1.71. The first kappa shape index (κ1) is 12.7. The van der Waals surface area contributed by atoms with Crippen molar-refractivity contribution >= 4 is 12.1 Å². The summed E-state index contributed by atoms with van der Waals surface area (Å²) in [6.07, 6.45) is 1.43. The van der Waals surface area contributed by atoms with Gasteiger partial charge in [-0.25, -0.2) is 9.59 Å². The molecule has 2 N–H and O–H groups in total. The average Bonchev–Trinajstić information content (AvgIpc) is 2.12. The molecule has 0 radical (unpaired) electrons. The summed E-state index contributed by atoms with van der Waals surface area (Å²) < 4.78 is 4.59. The molecule has 5 heteroatoms. The standard InChI is InChI=1S/C9H17NO4/c1-3-5-6-7(8(11)12)10-9(13)14-4-2/h7H,3-6H2,1-2H3,(H,10,13)(H,11,12). The fraction of sp³-hybridized carbons (Fsp3) is 0.778. The van der Waals surface area contributed by atoms with Crippen LogP contribution >= 0.6 is 0 Å². The van der Waals surface area contributed by atoms with Crippen LogP contribution in [-0.2, 0) is 9.53 Å². The van der Waals surface area contributed by atoms with Crippen LogP contribution in [0.25, 0.3) is 0 Å². The molecule has 0 fully saturated rings. The highest BCUT2D eigenvalue weighted by atomic mass is 16.5. The minimum Gasteiger partial charge on any atom is -0.480 e. The maximum absolute atomic E-state index is 10.9. The Morgan fingerprint density at radius 3 is 2.50 bits per heavy atom. The van der Waals surface area contributed by atoms with Gasteiger partial charge in [-0.3, -0.25) is 0 Å². The number of amides is 1. The Labute approximate surface area is 83.4 Å². The molecule has 0 aliphatic rings. The number of alkyl carbamates (subject to hydrolysis) is 1. The number of hydrogen-bond donors (Lipinski definition) is 2. The molecule has 0 aromatic rings. The fourth-order valence-corrected chi connectivity index (χ4v) is 0.981. The highest BCUT2D eigenvalue weighted by Crippen LogP contribution is 2.01. The van der Waals surface area contributed by atoms with E-state index in [1.165, 1.54) is 0 Å².